The summed E-state index contributed by atoms with van der Waals surface area (Å²) in [6.07, 6.45) is -0.487. The smallest absolute Gasteiger partial charge is 0.241 e. The lowest BCUT2D eigenvalue weighted by atomic mass is 10.0. The summed E-state index contributed by atoms with van der Waals surface area (Å²) in [4.78, 5) is 31.5. The summed E-state index contributed by atoms with van der Waals surface area (Å²) in [6.45, 7) is 0.394. The third-order valence-electron chi connectivity index (χ3n) is 4.86. The molecule has 0 radical (unpaired) electrons. The number of carbonyl (C=O) groups is 2. The highest BCUT2D eigenvalue weighted by molar-refractivity contribution is 8.14. The minimum absolute atomic E-state index is 0.187. The monoisotopic (exact) mass is 481 g/mol. The normalized spacial score (nSPS) is 20.1. The summed E-state index contributed by atoms with van der Waals surface area (Å²) in [5, 5.41) is 2.91. The maximum atomic E-state index is 13.8. The first-order valence-corrected chi connectivity index (χ1v) is 10.8. The van der Waals surface area contributed by atoms with E-state index >= 15 is 0 Å². The number of hydrogen-bond acceptors (Lipinski definition) is 7. The van der Waals surface area contributed by atoms with Crippen LogP contribution in [-0.4, -0.2) is 42.6 Å². The minimum atomic E-state index is -0.756. The molecule has 168 valence electrons. The highest BCUT2D eigenvalue weighted by Gasteiger charge is 2.42. The average molecular weight is 482 g/mol. The molecule has 0 spiro atoms. The molecule has 1 saturated heterocycles. The fourth-order valence-electron chi connectivity index (χ4n) is 3.31. The number of benzene rings is 2. The predicted octanol–water partition coefficient (Wildman–Crippen LogP) is 2.75. The Balaban J connectivity index is 1.55. The van der Waals surface area contributed by atoms with Crippen molar-refractivity contribution in [1.29, 1.82) is 0 Å². The van der Waals surface area contributed by atoms with Crippen LogP contribution in [0.15, 0.2) is 41.4 Å². The molecule has 2 atom stereocenters. The van der Waals surface area contributed by atoms with E-state index in [2.05, 4.69) is 21.2 Å². The Labute approximate surface area is 191 Å². The van der Waals surface area contributed by atoms with E-state index in [0.29, 0.717) is 23.0 Å². The second kappa shape index (κ2) is 9.41. The zero-order valence-corrected chi connectivity index (χ0v) is 18.3. The second-order valence-corrected chi connectivity index (χ2v) is 8.29. The van der Waals surface area contributed by atoms with E-state index in [-0.39, 0.29) is 22.5 Å². The molecule has 0 saturated carbocycles. The van der Waals surface area contributed by atoms with Crippen LogP contribution in [-0.2, 0) is 9.59 Å². The van der Waals surface area contributed by atoms with Gasteiger partial charge in [0, 0.05) is 12.6 Å². The molecular formula is C20H18ClF2N5O3S. The van der Waals surface area contributed by atoms with Crippen molar-refractivity contribution in [2.45, 2.75) is 6.17 Å². The third kappa shape index (κ3) is 4.56. The number of carbonyl (C=O) groups excluding carboxylic acids is 2. The van der Waals surface area contributed by atoms with E-state index in [9.17, 15) is 18.4 Å². The lowest BCUT2D eigenvalue weighted by molar-refractivity contribution is -0.121. The molecule has 0 aromatic heterocycles. The molecule has 2 aromatic carbocycles. The average Bonchev–Trinajstić information content (AvgIpc) is 3.24. The Bertz CT molecular complexity index is 1100. The summed E-state index contributed by atoms with van der Waals surface area (Å²) in [5.74, 6) is -2.41. The quantitative estimate of drug-likeness (QED) is 0.608. The van der Waals surface area contributed by atoms with Gasteiger partial charge in [-0.3, -0.25) is 19.9 Å². The van der Waals surface area contributed by atoms with E-state index < -0.39 is 29.6 Å². The number of ether oxygens (including phenoxy) is 1. The molecule has 8 nitrogen and oxygen atoms in total. The number of hydrazine groups is 1. The van der Waals surface area contributed by atoms with E-state index in [0.717, 1.165) is 30.0 Å². The topological polar surface area (TPSA) is 95.1 Å². The van der Waals surface area contributed by atoms with Crippen LogP contribution < -0.4 is 25.8 Å². The van der Waals surface area contributed by atoms with Crippen LogP contribution >= 0.6 is 23.4 Å². The molecule has 2 unspecified atom stereocenters. The zero-order valence-electron chi connectivity index (χ0n) is 16.7. The van der Waals surface area contributed by atoms with Gasteiger partial charge in [0.1, 0.15) is 23.5 Å². The fraction of sp³-hybridized carbons (Fsp3) is 0.250. The largest absolute Gasteiger partial charge is 0.495 e. The van der Waals surface area contributed by atoms with Crippen LogP contribution in [0.25, 0.3) is 0 Å². The number of fused-ring (bicyclic) bond motifs is 1. The van der Waals surface area contributed by atoms with Gasteiger partial charge in [-0.25, -0.2) is 19.2 Å². The number of halogens is 3. The highest BCUT2D eigenvalue weighted by atomic mass is 35.5. The van der Waals surface area contributed by atoms with E-state index in [1.807, 2.05) is 0 Å². The van der Waals surface area contributed by atoms with Gasteiger partial charge in [-0.05, 0) is 30.3 Å². The summed E-state index contributed by atoms with van der Waals surface area (Å²) in [5.41, 5.74) is 6.04. The number of nitrogens with zero attached hydrogens (tertiary/aromatic N) is 2. The number of aliphatic imine (C=N–C) groups is 1. The number of amides is 2. The fourth-order valence-corrected chi connectivity index (χ4v) is 4.41. The first-order chi connectivity index (χ1) is 15.4. The molecule has 0 aliphatic carbocycles. The van der Waals surface area contributed by atoms with Gasteiger partial charge in [-0.2, -0.15) is 0 Å². The minimum Gasteiger partial charge on any atom is -0.495 e. The Morgan fingerprint density at radius 3 is 2.91 bits per heavy atom. The Morgan fingerprint density at radius 1 is 1.34 bits per heavy atom. The molecule has 4 rings (SSSR count). The summed E-state index contributed by atoms with van der Waals surface area (Å²) in [7, 11) is 1.48. The van der Waals surface area contributed by atoms with Crippen molar-refractivity contribution in [2.24, 2.45) is 10.9 Å². The number of thioether (sulfide) groups is 1. The number of methoxy groups -OCH3 is 1. The molecule has 2 aliphatic rings. The van der Waals surface area contributed by atoms with Crippen molar-refractivity contribution < 1.29 is 23.1 Å². The molecule has 2 aromatic rings. The first-order valence-electron chi connectivity index (χ1n) is 9.49. The van der Waals surface area contributed by atoms with Gasteiger partial charge in [-0.15, -0.1) is 0 Å². The summed E-state index contributed by atoms with van der Waals surface area (Å²) >= 11 is 7.23. The van der Waals surface area contributed by atoms with Crippen LogP contribution in [0, 0.1) is 17.6 Å². The van der Waals surface area contributed by atoms with Crippen LogP contribution in [0.5, 0.6) is 5.75 Å². The first kappa shape index (κ1) is 22.5. The summed E-state index contributed by atoms with van der Waals surface area (Å²) in [6, 6.07) is 7.65. The van der Waals surface area contributed by atoms with E-state index in [1.165, 1.54) is 12.0 Å². The van der Waals surface area contributed by atoms with Gasteiger partial charge >= 0.3 is 0 Å². The number of nitrogens with one attached hydrogen (secondary N) is 3. The van der Waals surface area contributed by atoms with Gasteiger partial charge in [0.15, 0.2) is 5.17 Å². The predicted molar refractivity (Wildman–Crippen MR) is 119 cm³/mol. The molecule has 2 amide bonds. The van der Waals surface area contributed by atoms with Crippen molar-refractivity contribution in [3.63, 3.8) is 0 Å². The SMILES string of the molecule is COc1ccc(N2C(=O)C3CNNC3N=C2SCC(=O)Nc2cc(F)ccc2F)cc1Cl. The zero-order chi connectivity index (χ0) is 22.8. The molecule has 0 bridgehead atoms. The van der Waals surface area contributed by atoms with E-state index in [4.69, 9.17) is 16.3 Å². The maximum absolute atomic E-state index is 13.8. The Morgan fingerprint density at radius 2 is 2.16 bits per heavy atom. The standard InChI is InChI=1S/C20H18ClF2N5O3S/c1-31-16-5-3-11(7-13(16)21)28-19(30)12-8-24-27-18(12)26-20(28)32-9-17(29)25-15-6-10(22)2-4-14(15)23/h2-7,12,18,24,27H,8-9H2,1H3,(H,25,29). The van der Waals surface area contributed by atoms with Gasteiger partial charge in [0.2, 0.25) is 11.8 Å². The molecule has 2 heterocycles. The lowest BCUT2D eigenvalue weighted by Crippen LogP contribution is -2.49. The van der Waals surface area contributed by atoms with Crippen LogP contribution in [0.2, 0.25) is 5.02 Å². The van der Waals surface area contributed by atoms with Crippen LogP contribution in [0.4, 0.5) is 20.2 Å². The van der Waals surface area contributed by atoms with Crippen LogP contribution in [0.1, 0.15) is 0 Å². The number of anilines is 2. The lowest BCUT2D eigenvalue weighted by Gasteiger charge is -2.32. The third-order valence-corrected chi connectivity index (χ3v) is 6.11. The Kier molecular flexibility index (Phi) is 6.60. The van der Waals surface area contributed by atoms with Gasteiger partial charge in [0.05, 0.1) is 35.2 Å². The number of amidine groups is 1. The summed E-state index contributed by atoms with van der Waals surface area (Å²) < 4.78 is 32.3. The van der Waals surface area contributed by atoms with Crippen LogP contribution in [0.3, 0.4) is 0 Å². The highest BCUT2D eigenvalue weighted by Crippen LogP contribution is 2.34. The molecule has 1 fully saturated rings. The molecule has 3 N–H and O–H groups in total. The van der Waals surface area contributed by atoms with E-state index in [1.54, 1.807) is 18.2 Å². The molecule has 12 heteroatoms. The number of hydrogen-bond donors (Lipinski definition) is 3. The van der Waals surface area contributed by atoms with Gasteiger partial charge in [-0.1, -0.05) is 23.4 Å². The Hall–Kier alpha value is -2.73. The van der Waals surface area contributed by atoms with Crippen molar-refractivity contribution in [3.8, 4) is 5.75 Å². The molecule has 2 aliphatic heterocycles. The van der Waals surface area contributed by atoms with Crippen molar-refractivity contribution >= 4 is 51.7 Å². The van der Waals surface area contributed by atoms with Gasteiger partial charge < -0.3 is 10.1 Å². The molecular weight excluding hydrogens is 464 g/mol. The van der Waals surface area contributed by atoms with Gasteiger partial charge in [0.25, 0.3) is 0 Å². The second-order valence-electron chi connectivity index (χ2n) is 6.94. The number of rotatable bonds is 5. The van der Waals surface area contributed by atoms with Crippen molar-refractivity contribution in [2.75, 3.05) is 29.6 Å². The van der Waals surface area contributed by atoms with Crippen molar-refractivity contribution in [1.82, 2.24) is 10.9 Å². The molecule has 32 heavy (non-hydrogen) atoms. The maximum Gasteiger partial charge on any atom is 0.241 e. The van der Waals surface area contributed by atoms with Crippen molar-refractivity contribution in [3.05, 3.63) is 53.1 Å².